The topological polar surface area (TPSA) is 78.9 Å². The van der Waals surface area contributed by atoms with Gasteiger partial charge < -0.3 is 14.2 Å². The number of carbonyl (C=O) groups excluding carboxylic acids is 3. The minimum atomic E-state index is -7.24. The van der Waals surface area contributed by atoms with Gasteiger partial charge in [-0.1, -0.05) is 19.7 Å². The molecule has 0 radical (unpaired) electrons. The molecular weight excluding hydrogens is 533 g/mol. The van der Waals surface area contributed by atoms with Crippen molar-refractivity contribution >= 4 is 17.9 Å². The summed E-state index contributed by atoms with van der Waals surface area (Å²) in [7, 11) is 0. The van der Waals surface area contributed by atoms with E-state index >= 15 is 43.9 Å². The zero-order chi connectivity index (χ0) is 28.4. The summed E-state index contributed by atoms with van der Waals surface area (Å²) in [6.45, 7) is 3.99. The number of hydrogen-bond donors (Lipinski definition) is 0. The molecule has 0 aromatic heterocycles. The van der Waals surface area contributed by atoms with Crippen molar-refractivity contribution in [3.63, 3.8) is 0 Å². The van der Waals surface area contributed by atoms with Gasteiger partial charge in [-0.3, -0.25) is 0 Å². The molecule has 0 spiro atoms. The fraction of sp³-hybridized carbons (Fsp3) is 0.526. The Bertz CT molecular complexity index is 1030. The van der Waals surface area contributed by atoms with Gasteiger partial charge in [-0.15, -0.1) is 0 Å². The van der Waals surface area contributed by atoms with E-state index in [0.717, 1.165) is 0 Å². The number of esters is 3. The SMILES string of the molecule is C=CC(=O)OC1(F)CC2(OC(=O)C=C)C(F)(F)C(F)(CF)C(F)(F)C(OC(=O)C=C)(C1(F)F)C2(F)F. The van der Waals surface area contributed by atoms with E-state index in [-0.39, 0.29) is 18.2 Å². The van der Waals surface area contributed by atoms with Crippen molar-refractivity contribution in [2.24, 2.45) is 0 Å². The summed E-state index contributed by atoms with van der Waals surface area (Å²) in [5.41, 5.74) is -19.1. The van der Waals surface area contributed by atoms with Gasteiger partial charge in [-0.25, -0.2) is 23.2 Å². The van der Waals surface area contributed by atoms with Crippen LogP contribution in [-0.4, -0.2) is 71.0 Å². The van der Waals surface area contributed by atoms with Crippen molar-refractivity contribution < 1.29 is 76.9 Å². The van der Waals surface area contributed by atoms with Gasteiger partial charge >= 0.3 is 53.1 Å². The predicted molar refractivity (Wildman–Crippen MR) is 92.4 cm³/mol. The summed E-state index contributed by atoms with van der Waals surface area (Å²) < 4.78 is 178. The molecule has 2 rings (SSSR count). The lowest BCUT2D eigenvalue weighted by Gasteiger charge is -2.66. The maximum Gasteiger partial charge on any atom is 0.367 e. The minimum Gasteiger partial charge on any atom is -0.442 e. The molecule has 17 heteroatoms. The molecule has 2 saturated carbocycles. The Morgan fingerprint density at radius 1 is 0.639 bits per heavy atom. The third-order valence-corrected chi connectivity index (χ3v) is 5.76. The van der Waals surface area contributed by atoms with E-state index in [1.165, 1.54) is 0 Å². The Balaban J connectivity index is 3.28. The molecular formula is C19H13F11O6. The fourth-order valence-electron chi connectivity index (χ4n) is 4.02. The van der Waals surface area contributed by atoms with Crippen LogP contribution in [0.1, 0.15) is 6.42 Å². The second-order valence-electron chi connectivity index (χ2n) is 7.52. The molecule has 2 aliphatic carbocycles. The van der Waals surface area contributed by atoms with Crippen LogP contribution in [0.2, 0.25) is 0 Å². The highest BCUT2D eigenvalue weighted by Gasteiger charge is 3.09. The van der Waals surface area contributed by atoms with Crippen molar-refractivity contribution in [3.8, 4) is 0 Å². The van der Waals surface area contributed by atoms with E-state index in [2.05, 4.69) is 33.9 Å². The summed E-state index contributed by atoms with van der Waals surface area (Å²) in [6.07, 6.45) is -4.23. The molecule has 0 aliphatic heterocycles. The van der Waals surface area contributed by atoms with Crippen molar-refractivity contribution in [1.29, 1.82) is 0 Å². The van der Waals surface area contributed by atoms with E-state index in [1.807, 2.05) is 0 Å². The van der Waals surface area contributed by atoms with Crippen molar-refractivity contribution in [2.75, 3.05) is 6.67 Å². The zero-order valence-corrected chi connectivity index (χ0v) is 17.4. The van der Waals surface area contributed by atoms with Crippen LogP contribution >= 0.6 is 0 Å². The van der Waals surface area contributed by atoms with E-state index in [9.17, 15) is 18.8 Å². The van der Waals surface area contributed by atoms with Crippen molar-refractivity contribution in [3.05, 3.63) is 38.0 Å². The first-order valence-corrected chi connectivity index (χ1v) is 9.15. The Labute approximate surface area is 193 Å². The monoisotopic (exact) mass is 546 g/mol. The van der Waals surface area contributed by atoms with Gasteiger partial charge in [0.25, 0.3) is 11.3 Å². The Morgan fingerprint density at radius 3 is 1.47 bits per heavy atom. The lowest BCUT2D eigenvalue weighted by molar-refractivity contribution is -0.533. The van der Waals surface area contributed by atoms with Crippen LogP contribution in [0.5, 0.6) is 0 Å². The van der Waals surface area contributed by atoms with Crippen LogP contribution in [-0.2, 0) is 28.6 Å². The number of rotatable bonds is 7. The number of carbonyl (C=O) groups is 3. The molecule has 0 N–H and O–H groups in total. The maximum absolute atomic E-state index is 15.7. The molecule has 0 amide bonds. The lowest BCUT2D eigenvalue weighted by Crippen LogP contribution is -2.98. The van der Waals surface area contributed by atoms with E-state index in [4.69, 9.17) is 0 Å². The van der Waals surface area contributed by atoms with Gasteiger partial charge in [0.2, 0.25) is 0 Å². The summed E-state index contributed by atoms with van der Waals surface area (Å²) in [6, 6.07) is 0. The molecule has 4 unspecified atom stereocenters. The molecule has 0 heterocycles. The predicted octanol–water partition coefficient (Wildman–Crippen LogP) is 3.95. The highest BCUT2D eigenvalue weighted by atomic mass is 19.3. The quantitative estimate of drug-likeness (QED) is 0.208. The summed E-state index contributed by atoms with van der Waals surface area (Å²) in [5, 5.41) is 0. The van der Waals surface area contributed by atoms with Gasteiger partial charge in [0.1, 0.15) is 6.67 Å². The second kappa shape index (κ2) is 7.93. The molecule has 2 fully saturated rings. The van der Waals surface area contributed by atoms with Gasteiger partial charge in [0, 0.05) is 18.2 Å². The van der Waals surface area contributed by atoms with Crippen molar-refractivity contribution in [2.45, 2.75) is 52.8 Å². The number of alkyl halides is 11. The highest BCUT2D eigenvalue weighted by Crippen LogP contribution is 2.77. The van der Waals surface area contributed by atoms with E-state index in [1.54, 1.807) is 0 Å². The first kappa shape index (κ1) is 29.1. The normalized spacial score (nSPS) is 37.1. The number of ether oxygens (including phenoxy) is 3. The zero-order valence-electron chi connectivity index (χ0n) is 17.4. The number of fused-ring (bicyclic) bond motifs is 2. The van der Waals surface area contributed by atoms with Crippen LogP contribution in [0.15, 0.2) is 38.0 Å². The van der Waals surface area contributed by atoms with Gasteiger partial charge in [-0.2, -0.15) is 39.5 Å². The second-order valence-corrected chi connectivity index (χ2v) is 7.52. The van der Waals surface area contributed by atoms with Crippen molar-refractivity contribution in [1.82, 2.24) is 0 Å². The molecule has 0 aromatic carbocycles. The van der Waals surface area contributed by atoms with Crippen LogP contribution < -0.4 is 0 Å². The lowest BCUT2D eigenvalue weighted by atomic mass is 9.51. The van der Waals surface area contributed by atoms with Gasteiger partial charge in [-0.05, 0) is 0 Å². The molecule has 202 valence electrons. The molecule has 0 aromatic rings. The molecule has 2 bridgehead atoms. The Kier molecular flexibility index (Phi) is 6.41. The largest absolute Gasteiger partial charge is 0.442 e. The molecule has 6 nitrogen and oxygen atoms in total. The molecule has 0 saturated heterocycles. The van der Waals surface area contributed by atoms with Crippen LogP contribution in [0.3, 0.4) is 0 Å². The standard InChI is InChI=1S/C19H13F11O6/c1-4-9(31)34-13-7-14(22,35-10(32)5-2)19(29,30)15(18(13,27)28,36-11(33)6-3)17(25,26)12(21,8-20)16(13,23)24/h4-6H,1-3,7-8H2. The highest BCUT2D eigenvalue weighted by molar-refractivity contribution is 5.84. The summed E-state index contributed by atoms with van der Waals surface area (Å²) in [4.78, 5) is 34.8. The molecule has 2 aliphatic rings. The van der Waals surface area contributed by atoms with Crippen LogP contribution in [0.25, 0.3) is 0 Å². The average Bonchev–Trinajstić information content (AvgIpc) is 2.78. The Hall–Kier alpha value is -3.14. The first-order valence-electron chi connectivity index (χ1n) is 9.15. The van der Waals surface area contributed by atoms with Crippen LogP contribution in [0, 0.1) is 0 Å². The third-order valence-electron chi connectivity index (χ3n) is 5.76. The Morgan fingerprint density at radius 2 is 1.06 bits per heavy atom. The summed E-state index contributed by atoms with van der Waals surface area (Å²) >= 11 is 0. The first-order chi connectivity index (χ1) is 16.1. The maximum atomic E-state index is 15.7. The molecule has 4 atom stereocenters. The average molecular weight is 546 g/mol. The smallest absolute Gasteiger partial charge is 0.367 e. The minimum absolute atomic E-state index is 0.151. The number of hydrogen-bond acceptors (Lipinski definition) is 6. The summed E-state index contributed by atoms with van der Waals surface area (Å²) in [5.74, 6) is -41.1. The van der Waals surface area contributed by atoms with Gasteiger partial charge in [0.15, 0.2) is 0 Å². The van der Waals surface area contributed by atoms with Gasteiger partial charge in [0.05, 0.1) is 6.42 Å². The third kappa shape index (κ3) is 2.82. The number of halogens is 11. The van der Waals surface area contributed by atoms with E-state index < -0.39 is 77.4 Å². The molecule has 36 heavy (non-hydrogen) atoms. The van der Waals surface area contributed by atoms with Crippen LogP contribution in [0.4, 0.5) is 48.3 Å². The fourth-order valence-corrected chi connectivity index (χ4v) is 4.02. The van der Waals surface area contributed by atoms with E-state index in [0.29, 0.717) is 0 Å².